The molecule has 1 fully saturated rings. The van der Waals surface area contributed by atoms with Crippen LogP contribution >= 0.6 is 15.9 Å². The minimum Gasteiger partial charge on any atom is -0.0654 e. The Morgan fingerprint density at radius 3 is 2.31 bits per heavy atom. The second-order valence-corrected chi connectivity index (χ2v) is 4.95. The maximum atomic E-state index is 3.47. The number of rotatable bonds is 3. The predicted octanol–water partition coefficient (Wildman–Crippen LogP) is 4.28. The molecular formula is C12H15Br. The number of hydrogen-bond donors (Lipinski definition) is 0. The van der Waals surface area contributed by atoms with Gasteiger partial charge in [0.05, 0.1) is 0 Å². The molecule has 0 aliphatic heterocycles. The van der Waals surface area contributed by atoms with Gasteiger partial charge >= 0.3 is 0 Å². The van der Waals surface area contributed by atoms with Gasteiger partial charge in [0.1, 0.15) is 0 Å². The van der Waals surface area contributed by atoms with E-state index in [-0.39, 0.29) is 0 Å². The summed E-state index contributed by atoms with van der Waals surface area (Å²) >= 11 is 3.47. The molecule has 0 saturated heterocycles. The summed E-state index contributed by atoms with van der Waals surface area (Å²) < 4.78 is 1.18. The van der Waals surface area contributed by atoms with Crippen molar-refractivity contribution < 1.29 is 0 Å². The van der Waals surface area contributed by atoms with Crippen LogP contribution in [-0.2, 0) is 5.41 Å². The molecule has 0 amide bonds. The summed E-state index contributed by atoms with van der Waals surface area (Å²) in [7, 11) is 0. The second kappa shape index (κ2) is 3.45. The molecule has 1 aliphatic rings. The predicted molar refractivity (Wildman–Crippen MR) is 60.0 cm³/mol. The highest BCUT2D eigenvalue weighted by atomic mass is 79.9. The molecule has 0 N–H and O–H groups in total. The summed E-state index contributed by atoms with van der Waals surface area (Å²) in [6.07, 6.45) is 5.44. The molecule has 1 aromatic rings. The van der Waals surface area contributed by atoms with E-state index in [1.165, 1.54) is 35.7 Å². The summed E-state index contributed by atoms with van der Waals surface area (Å²) in [5.74, 6) is 0. The van der Waals surface area contributed by atoms with E-state index >= 15 is 0 Å². The lowest BCUT2D eigenvalue weighted by atomic mass is 9.91. The maximum Gasteiger partial charge on any atom is 0.0175 e. The fraction of sp³-hybridized carbons (Fsp3) is 0.500. The molecule has 0 bridgehead atoms. The molecule has 1 saturated carbocycles. The van der Waals surface area contributed by atoms with Gasteiger partial charge in [0, 0.05) is 4.47 Å². The molecule has 13 heavy (non-hydrogen) atoms. The first-order valence-electron chi connectivity index (χ1n) is 5.03. The van der Waals surface area contributed by atoms with Crippen molar-refractivity contribution in [3.05, 3.63) is 34.3 Å². The Labute approximate surface area is 88.5 Å². The third kappa shape index (κ3) is 1.80. The van der Waals surface area contributed by atoms with Crippen LogP contribution in [0.2, 0.25) is 0 Å². The fourth-order valence-electron chi connectivity index (χ4n) is 2.12. The van der Waals surface area contributed by atoms with Crippen LogP contribution in [0.5, 0.6) is 0 Å². The molecule has 1 aliphatic carbocycles. The van der Waals surface area contributed by atoms with Gasteiger partial charge < -0.3 is 0 Å². The molecular weight excluding hydrogens is 224 g/mol. The molecule has 0 unspecified atom stereocenters. The van der Waals surface area contributed by atoms with Gasteiger partial charge in [-0.25, -0.2) is 0 Å². The summed E-state index contributed by atoms with van der Waals surface area (Å²) in [5.41, 5.74) is 2.10. The van der Waals surface area contributed by atoms with Crippen molar-refractivity contribution in [2.75, 3.05) is 0 Å². The quantitative estimate of drug-likeness (QED) is 0.738. The third-order valence-corrected chi connectivity index (χ3v) is 3.57. The van der Waals surface area contributed by atoms with Crippen molar-refractivity contribution >= 4 is 15.9 Å². The zero-order valence-corrected chi connectivity index (χ0v) is 9.60. The first kappa shape index (κ1) is 9.26. The van der Waals surface area contributed by atoms with Gasteiger partial charge in [-0.3, -0.25) is 0 Å². The Hall–Kier alpha value is -0.300. The fourth-order valence-corrected chi connectivity index (χ4v) is 2.38. The van der Waals surface area contributed by atoms with Gasteiger partial charge in [0.25, 0.3) is 0 Å². The highest BCUT2D eigenvalue weighted by Crippen LogP contribution is 2.51. The molecule has 0 heterocycles. The maximum absolute atomic E-state index is 3.47. The van der Waals surface area contributed by atoms with Crippen molar-refractivity contribution in [2.45, 2.75) is 38.0 Å². The summed E-state index contributed by atoms with van der Waals surface area (Å²) in [6, 6.07) is 8.86. The monoisotopic (exact) mass is 238 g/mol. The second-order valence-electron chi connectivity index (χ2n) is 4.04. The Balaban J connectivity index is 2.20. The van der Waals surface area contributed by atoms with Crippen molar-refractivity contribution in [1.82, 2.24) is 0 Å². The van der Waals surface area contributed by atoms with Crippen molar-refractivity contribution in [2.24, 2.45) is 0 Å². The van der Waals surface area contributed by atoms with Gasteiger partial charge in [-0.15, -0.1) is 0 Å². The number of benzene rings is 1. The third-order valence-electron chi connectivity index (χ3n) is 3.04. The van der Waals surface area contributed by atoms with E-state index in [0.29, 0.717) is 5.41 Å². The van der Waals surface area contributed by atoms with Crippen LogP contribution in [0.4, 0.5) is 0 Å². The van der Waals surface area contributed by atoms with E-state index in [0.717, 1.165) is 0 Å². The zero-order chi connectivity index (χ0) is 9.31. The Kier molecular flexibility index (Phi) is 2.46. The lowest BCUT2D eigenvalue weighted by molar-refractivity contribution is 0.607. The first-order valence-corrected chi connectivity index (χ1v) is 5.82. The molecule has 0 spiro atoms. The Morgan fingerprint density at radius 1 is 1.23 bits per heavy atom. The number of halogens is 1. The van der Waals surface area contributed by atoms with Gasteiger partial charge in [-0.1, -0.05) is 41.4 Å². The highest BCUT2D eigenvalue weighted by molar-refractivity contribution is 9.10. The SMILES string of the molecule is CCCC1(c2ccc(Br)cc2)CC1. The van der Waals surface area contributed by atoms with Gasteiger partial charge in [0.15, 0.2) is 0 Å². The summed E-state index contributed by atoms with van der Waals surface area (Å²) in [4.78, 5) is 0. The van der Waals surface area contributed by atoms with Crippen LogP contribution in [0.3, 0.4) is 0 Å². The average Bonchev–Trinajstić information content (AvgIpc) is 2.87. The van der Waals surface area contributed by atoms with Gasteiger partial charge in [0.2, 0.25) is 0 Å². The lowest BCUT2D eigenvalue weighted by Gasteiger charge is -2.14. The first-order chi connectivity index (χ1) is 6.27. The summed E-state index contributed by atoms with van der Waals surface area (Å²) in [5, 5.41) is 0. The van der Waals surface area contributed by atoms with E-state index in [4.69, 9.17) is 0 Å². The van der Waals surface area contributed by atoms with Crippen LogP contribution in [0.15, 0.2) is 28.7 Å². The molecule has 0 aromatic heterocycles. The van der Waals surface area contributed by atoms with E-state index < -0.39 is 0 Å². The van der Waals surface area contributed by atoms with E-state index in [2.05, 4.69) is 47.1 Å². The van der Waals surface area contributed by atoms with Crippen LogP contribution in [0.25, 0.3) is 0 Å². The van der Waals surface area contributed by atoms with Gasteiger partial charge in [-0.2, -0.15) is 0 Å². The largest absolute Gasteiger partial charge is 0.0654 e. The van der Waals surface area contributed by atoms with Crippen molar-refractivity contribution in [3.8, 4) is 0 Å². The van der Waals surface area contributed by atoms with Crippen LogP contribution < -0.4 is 0 Å². The molecule has 0 nitrogen and oxygen atoms in total. The molecule has 0 radical (unpaired) electrons. The lowest BCUT2D eigenvalue weighted by Crippen LogP contribution is -2.04. The van der Waals surface area contributed by atoms with E-state index in [1.54, 1.807) is 0 Å². The van der Waals surface area contributed by atoms with E-state index in [1.807, 2.05) is 0 Å². The van der Waals surface area contributed by atoms with E-state index in [9.17, 15) is 0 Å². The highest BCUT2D eigenvalue weighted by Gasteiger charge is 2.42. The summed E-state index contributed by atoms with van der Waals surface area (Å²) in [6.45, 7) is 2.28. The minimum absolute atomic E-state index is 0.565. The van der Waals surface area contributed by atoms with Gasteiger partial charge in [-0.05, 0) is 42.4 Å². The topological polar surface area (TPSA) is 0 Å². The Bertz CT molecular complexity index is 282. The molecule has 2 rings (SSSR count). The van der Waals surface area contributed by atoms with Crippen molar-refractivity contribution in [3.63, 3.8) is 0 Å². The molecule has 1 heteroatoms. The van der Waals surface area contributed by atoms with Crippen LogP contribution in [0, 0.1) is 0 Å². The molecule has 0 atom stereocenters. The van der Waals surface area contributed by atoms with Crippen molar-refractivity contribution in [1.29, 1.82) is 0 Å². The van der Waals surface area contributed by atoms with Crippen LogP contribution in [-0.4, -0.2) is 0 Å². The normalized spacial score (nSPS) is 18.6. The standard InChI is InChI=1S/C12H15Br/c1-2-7-12(8-9-12)10-3-5-11(13)6-4-10/h3-6H,2,7-9H2,1H3. The number of hydrogen-bond acceptors (Lipinski definition) is 0. The Morgan fingerprint density at radius 2 is 1.85 bits per heavy atom. The minimum atomic E-state index is 0.565. The average molecular weight is 239 g/mol. The molecule has 1 aromatic carbocycles. The zero-order valence-electron chi connectivity index (χ0n) is 8.02. The smallest absolute Gasteiger partial charge is 0.0175 e. The molecule has 70 valence electrons. The van der Waals surface area contributed by atoms with Crippen LogP contribution in [0.1, 0.15) is 38.2 Å².